The van der Waals surface area contributed by atoms with E-state index in [0.717, 1.165) is 28.3 Å². The standard InChI is InChI=1S/C17H19NO3S/c19-16(8-13-7-11-3-4-12(13)6-11)21-9-14-10-22-17(18-14)15-2-1-5-20-15/h1-2,5,10-13H,3-4,6-9H2. The van der Waals surface area contributed by atoms with Gasteiger partial charge >= 0.3 is 5.97 Å². The van der Waals surface area contributed by atoms with Crippen LogP contribution in [0.25, 0.3) is 10.8 Å². The first-order valence-corrected chi connectivity index (χ1v) is 8.80. The van der Waals surface area contributed by atoms with E-state index in [-0.39, 0.29) is 12.6 Å². The lowest BCUT2D eigenvalue weighted by molar-refractivity contribution is -0.146. The molecular formula is C17H19NO3S. The van der Waals surface area contributed by atoms with Gasteiger partial charge in [0.15, 0.2) is 10.8 Å². The molecule has 3 unspecified atom stereocenters. The lowest BCUT2D eigenvalue weighted by Crippen LogP contribution is -2.17. The first kappa shape index (κ1) is 14.0. The van der Waals surface area contributed by atoms with E-state index in [0.29, 0.717) is 12.3 Å². The number of ether oxygens (including phenoxy) is 1. The van der Waals surface area contributed by atoms with Crippen LogP contribution in [0.15, 0.2) is 28.2 Å². The van der Waals surface area contributed by atoms with Crippen molar-refractivity contribution in [3.8, 4) is 10.8 Å². The van der Waals surface area contributed by atoms with Crippen molar-refractivity contribution in [2.45, 2.75) is 38.7 Å². The van der Waals surface area contributed by atoms with Crippen molar-refractivity contribution in [1.29, 1.82) is 0 Å². The predicted molar refractivity (Wildman–Crippen MR) is 83.2 cm³/mol. The highest BCUT2D eigenvalue weighted by atomic mass is 32.1. The highest BCUT2D eigenvalue weighted by Crippen LogP contribution is 2.49. The minimum absolute atomic E-state index is 0.0786. The van der Waals surface area contributed by atoms with Crippen molar-refractivity contribution < 1.29 is 13.9 Å². The molecule has 0 radical (unpaired) electrons. The van der Waals surface area contributed by atoms with Crippen LogP contribution in [-0.4, -0.2) is 11.0 Å². The third kappa shape index (κ3) is 2.82. The van der Waals surface area contributed by atoms with Gasteiger partial charge in [0.25, 0.3) is 0 Å². The Morgan fingerprint density at radius 3 is 3.09 bits per heavy atom. The molecule has 2 fully saturated rings. The number of rotatable bonds is 5. The van der Waals surface area contributed by atoms with Crippen LogP contribution in [0.1, 0.15) is 37.8 Å². The predicted octanol–water partition coefficient (Wildman–Crippen LogP) is 4.27. The number of carbonyl (C=O) groups excluding carboxylic acids is 1. The van der Waals surface area contributed by atoms with E-state index in [1.807, 2.05) is 17.5 Å². The molecule has 0 spiro atoms. The van der Waals surface area contributed by atoms with E-state index < -0.39 is 0 Å². The van der Waals surface area contributed by atoms with Crippen LogP contribution in [0, 0.1) is 17.8 Å². The number of carbonyl (C=O) groups is 1. The molecule has 4 nitrogen and oxygen atoms in total. The van der Waals surface area contributed by atoms with Crippen molar-refractivity contribution in [2.75, 3.05) is 0 Å². The van der Waals surface area contributed by atoms with E-state index in [9.17, 15) is 4.79 Å². The maximum Gasteiger partial charge on any atom is 0.306 e. The van der Waals surface area contributed by atoms with E-state index in [1.165, 1.54) is 37.0 Å². The Bertz CT molecular complexity index is 649. The molecule has 4 rings (SSSR count). The summed E-state index contributed by atoms with van der Waals surface area (Å²) in [5.41, 5.74) is 0.790. The van der Waals surface area contributed by atoms with Crippen molar-refractivity contribution in [3.63, 3.8) is 0 Å². The fraction of sp³-hybridized carbons (Fsp3) is 0.529. The molecule has 2 aromatic heterocycles. The molecule has 2 heterocycles. The molecule has 0 N–H and O–H groups in total. The smallest absolute Gasteiger partial charge is 0.306 e. The Hall–Kier alpha value is -1.62. The Morgan fingerprint density at radius 1 is 1.41 bits per heavy atom. The quantitative estimate of drug-likeness (QED) is 0.773. The summed E-state index contributed by atoms with van der Waals surface area (Å²) in [6, 6.07) is 3.72. The van der Waals surface area contributed by atoms with Gasteiger partial charge < -0.3 is 9.15 Å². The Labute approximate surface area is 133 Å². The summed E-state index contributed by atoms with van der Waals surface area (Å²) >= 11 is 1.51. The number of fused-ring (bicyclic) bond motifs is 2. The Balaban J connectivity index is 1.28. The van der Waals surface area contributed by atoms with Crippen LogP contribution < -0.4 is 0 Å². The Kier molecular flexibility index (Phi) is 3.74. The van der Waals surface area contributed by atoms with Crippen LogP contribution in [0.2, 0.25) is 0 Å². The van der Waals surface area contributed by atoms with Crippen LogP contribution in [0.5, 0.6) is 0 Å². The summed E-state index contributed by atoms with van der Waals surface area (Å²) < 4.78 is 10.7. The summed E-state index contributed by atoms with van der Waals surface area (Å²) in [6.07, 6.45) is 7.43. The molecule has 2 saturated carbocycles. The largest absolute Gasteiger partial charge is 0.462 e. The van der Waals surface area contributed by atoms with Crippen LogP contribution in [0.4, 0.5) is 0 Å². The van der Waals surface area contributed by atoms with E-state index >= 15 is 0 Å². The van der Waals surface area contributed by atoms with Gasteiger partial charge in [-0.25, -0.2) is 4.98 Å². The number of esters is 1. The fourth-order valence-corrected chi connectivity index (χ4v) is 4.71. The van der Waals surface area contributed by atoms with E-state index in [2.05, 4.69) is 4.98 Å². The highest BCUT2D eigenvalue weighted by Gasteiger charge is 2.40. The lowest BCUT2D eigenvalue weighted by Gasteiger charge is -2.20. The second kappa shape index (κ2) is 5.88. The SMILES string of the molecule is O=C(CC1CC2CCC1C2)OCc1csc(-c2ccco2)n1. The second-order valence-electron chi connectivity index (χ2n) is 6.42. The highest BCUT2D eigenvalue weighted by molar-refractivity contribution is 7.13. The molecule has 116 valence electrons. The number of thiazole rings is 1. The van der Waals surface area contributed by atoms with Crippen LogP contribution in [-0.2, 0) is 16.1 Å². The van der Waals surface area contributed by atoms with Gasteiger partial charge in [0.05, 0.1) is 12.0 Å². The molecule has 22 heavy (non-hydrogen) atoms. The van der Waals surface area contributed by atoms with Crippen LogP contribution in [0.3, 0.4) is 0 Å². The summed E-state index contributed by atoms with van der Waals surface area (Å²) in [7, 11) is 0. The molecule has 2 aliphatic rings. The molecule has 2 aromatic rings. The monoisotopic (exact) mass is 317 g/mol. The lowest BCUT2D eigenvalue weighted by atomic mass is 9.86. The minimum Gasteiger partial charge on any atom is -0.462 e. The average Bonchev–Trinajstić information content (AvgIpc) is 3.27. The third-order valence-corrected chi connectivity index (χ3v) is 5.88. The number of hydrogen-bond acceptors (Lipinski definition) is 5. The topological polar surface area (TPSA) is 52.3 Å². The van der Waals surface area contributed by atoms with Gasteiger partial charge in [0, 0.05) is 11.8 Å². The zero-order chi connectivity index (χ0) is 14.9. The molecule has 2 aliphatic carbocycles. The number of furan rings is 1. The molecule has 2 bridgehead atoms. The first-order valence-electron chi connectivity index (χ1n) is 7.92. The molecule has 0 aliphatic heterocycles. The van der Waals surface area contributed by atoms with Gasteiger partial charge in [-0.15, -0.1) is 11.3 Å². The summed E-state index contributed by atoms with van der Waals surface area (Å²) in [6.45, 7) is 0.261. The number of hydrogen-bond donors (Lipinski definition) is 0. The zero-order valence-corrected chi connectivity index (χ0v) is 13.2. The molecule has 0 amide bonds. The maximum atomic E-state index is 12.0. The van der Waals surface area contributed by atoms with Gasteiger partial charge in [0.1, 0.15) is 6.61 Å². The molecule has 0 saturated heterocycles. The van der Waals surface area contributed by atoms with Crippen molar-refractivity contribution in [3.05, 3.63) is 29.5 Å². The van der Waals surface area contributed by atoms with Gasteiger partial charge in [-0.05, 0) is 49.1 Å². The van der Waals surface area contributed by atoms with Crippen LogP contribution >= 0.6 is 11.3 Å². The third-order valence-electron chi connectivity index (χ3n) is 4.98. The van der Waals surface area contributed by atoms with E-state index in [4.69, 9.17) is 9.15 Å². The van der Waals surface area contributed by atoms with Crippen molar-refractivity contribution in [1.82, 2.24) is 4.98 Å². The summed E-state index contributed by atoms with van der Waals surface area (Å²) in [4.78, 5) is 16.5. The zero-order valence-electron chi connectivity index (χ0n) is 12.4. The second-order valence-corrected chi connectivity index (χ2v) is 7.28. The van der Waals surface area contributed by atoms with Gasteiger partial charge in [-0.2, -0.15) is 0 Å². The number of aromatic nitrogens is 1. The Morgan fingerprint density at radius 2 is 2.36 bits per heavy atom. The average molecular weight is 317 g/mol. The first-order chi connectivity index (χ1) is 10.8. The van der Waals surface area contributed by atoms with Crippen molar-refractivity contribution >= 4 is 17.3 Å². The van der Waals surface area contributed by atoms with Gasteiger partial charge in [0.2, 0.25) is 0 Å². The summed E-state index contributed by atoms with van der Waals surface area (Å²) in [5, 5.41) is 2.74. The fourth-order valence-electron chi connectivity index (χ4n) is 3.94. The minimum atomic E-state index is -0.0786. The van der Waals surface area contributed by atoms with E-state index in [1.54, 1.807) is 6.26 Å². The molecule has 0 aromatic carbocycles. The molecular weight excluding hydrogens is 298 g/mol. The van der Waals surface area contributed by atoms with Gasteiger partial charge in [-0.3, -0.25) is 4.79 Å². The maximum absolute atomic E-state index is 12.0. The summed E-state index contributed by atoms with van der Waals surface area (Å²) in [5.74, 6) is 2.87. The normalized spacial score (nSPS) is 26.5. The molecule has 3 atom stereocenters. The van der Waals surface area contributed by atoms with Crippen molar-refractivity contribution in [2.24, 2.45) is 17.8 Å². The van der Waals surface area contributed by atoms with Gasteiger partial charge in [-0.1, -0.05) is 6.42 Å². The molecule has 5 heteroatoms. The number of nitrogens with zero attached hydrogens (tertiary/aromatic N) is 1.